The Morgan fingerprint density at radius 3 is 2.47 bits per heavy atom. The van der Waals surface area contributed by atoms with Gasteiger partial charge in [0.2, 0.25) is 0 Å². The molecule has 0 aliphatic heterocycles. The van der Waals surface area contributed by atoms with Crippen molar-refractivity contribution < 1.29 is 28.0 Å². The van der Waals surface area contributed by atoms with Gasteiger partial charge in [-0.3, -0.25) is 14.9 Å². The van der Waals surface area contributed by atoms with E-state index in [-0.39, 0.29) is 12.0 Å². The summed E-state index contributed by atoms with van der Waals surface area (Å²) in [5.74, 6) is -1.15. The predicted octanol–water partition coefficient (Wildman–Crippen LogP) is 3.10. The topological polar surface area (TPSA) is 80.4 Å². The van der Waals surface area contributed by atoms with E-state index >= 15 is 0 Å². The van der Waals surface area contributed by atoms with Crippen LogP contribution in [0.4, 0.5) is 18.9 Å². The molecule has 5 nitrogen and oxygen atoms in total. The Morgan fingerprint density at radius 1 is 1.37 bits per heavy atom. The van der Waals surface area contributed by atoms with Crippen LogP contribution < -0.4 is 0 Å². The molecule has 1 aromatic rings. The summed E-state index contributed by atoms with van der Waals surface area (Å²) in [6.07, 6.45) is -2.89. The van der Waals surface area contributed by atoms with Gasteiger partial charge in [0, 0.05) is 12.1 Å². The van der Waals surface area contributed by atoms with E-state index in [1.54, 1.807) is 0 Å². The third kappa shape index (κ3) is 4.41. The van der Waals surface area contributed by atoms with Gasteiger partial charge in [0.25, 0.3) is 5.69 Å². The van der Waals surface area contributed by atoms with Gasteiger partial charge in [-0.15, -0.1) is 0 Å². The molecule has 0 saturated carbocycles. The summed E-state index contributed by atoms with van der Waals surface area (Å²) in [5.41, 5.74) is -1.94. The van der Waals surface area contributed by atoms with Crippen LogP contribution in [0.3, 0.4) is 0 Å². The fourth-order valence-corrected chi connectivity index (χ4v) is 1.30. The molecule has 0 aliphatic rings. The van der Waals surface area contributed by atoms with E-state index in [0.29, 0.717) is 12.1 Å². The Bertz CT molecular complexity index is 537. The van der Waals surface area contributed by atoms with E-state index in [4.69, 9.17) is 5.11 Å². The van der Waals surface area contributed by atoms with E-state index in [0.717, 1.165) is 18.2 Å². The Hall–Kier alpha value is -2.38. The maximum Gasteiger partial charge on any atom is 0.416 e. The average Bonchev–Trinajstić information content (AvgIpc) is 2.26. The number of benzene rings is 1. The van der Waals surface area contributed by atoms with Gasteiger partial charge in [0.15, 0.2) is 0 Å². The van der Waals surface area contributed by atoms with Gasteiger partial charge in [0.05, 0.1) is 16.9 Å². The van der Waals surface area contributed by atoms with Gasteiger partial charge in [-0.05, 0) is 11.6 Å². The molecule has 1 rings (SSSR count). The molecule has 0 radical (unpaired) electrons. The summed E-state index contributed by atoms with van der Waals surface area (Å²) >= 11 is 0. The molecule has 0 bridgehead atoms. The number of aliphatic carboxylic acids is 1. The minimum absolute atomic E-state index is 0.0808. The second kappa shape index (κ2) is 5.51. The first-order valence-electron chi connectivity index (χ1n) is 4.95. The van der Waals surface area contributed by atoms with Crippen LogP contribution in [0.1, 0.15) is 17.5 Å². The zero-order chi connectivity index (χ0) is 14.6. The Balaban J connectivity index is 3.17. The highest BCUT2D eigenvalue weighted by Gasteiger charge is 2.32. The Kier molecular flexibility index (Phi) is 4.26. The Morgan fingerprint density at radius 2 is 2.00 bits per heavy atom. The lowest BCUT2D eigenvalue weighted by Crippen LogP contribution is -2.06. The van der Waals surface area contributed by atoms with Crippen molar-refractivity contribution in [1.82, 2.24) is 0 Å². The first kappa shape index (κ1) is 14.7. The summed E-state index contributed by atoms with van der Waals surface area (Å²) in [7, 11) is 0. The van der Waals surface area contributed by atoms with Crippen LogP contribution in [0.5, 0.6) is 0 Å². The summed E-state index contributed by atoms with van der Waals surface area (Å²) in [4.78, 5) is 19.8. The molecular weight excluding hydrogens is 267 g/mol. The van der Waals surface area contributed by atoms with Crippen molar-refractivity contribution in [3.05, 3.63) is 45.5 Å². The smallest absolute Gasteiger partial charge is 0.416 e. The summed E-state index contributed by atoms with van der Waals surface area (Å²) < 4.78 is 37.6. The zero-order valence-electron chi connectivity index (χ0n) is 9.35. The van der Waals surface area contributed by atoms with Crippen LogP contribution in [0.25, 0.3) is 6.08 Å². The van der Waals surface area contributed by atoms with E-state index in [9.17, 15) is 28.1 Å². The number of nitro benzene ring substituents is 1. The van der Waals surface area contributed by atoms with Crippen molar-refractivity contribution >= 4 is 17.7 Å². The van der Waals surface area contributed by atoms with Crippen LogP contribution in [-0.4, -0.2) is 16.0 Å². The standard InChI is InChI=1S/C11H8F3NO4/c12-11(13,14)8-4-7(2-1-3-10(16)17)5-9(6-8)15(18)19/h1-2,4-6H,3H2,(H,16,17). The maximum atomic E-state index is 12.5. The molecule has 1 N–H and O–H groups in total. The number of carboxylic acid groups (broad SMARTS) is 1. The molecule has 0 heterocycles. The van der Waals surface area contributed by atoms with Gasteiger partial charge in [-0.25, -0.2) is 0 Å². The molecule has 0 saturated heterocycles. The first-order chi connectivity index (χ1) is 8.70. The molecule has 0 spiro atoms. The molecule has 102 valence electrons. The lowest BCUT2D eigenvalue weighted by atomic mass is 10.1. The molecular formula is C11H8F3NO4. The molecule has 0 unspecified atom stereocenters. The Labute approximate surface area is 105 Å². The van der Waals surface area contributed by atoms with E-state index in [2.05, 4.69) is 0 Å². The fraction of sp³-hybridized carbons (Fsp3) is 0.182. The zero-order valence-corrected chi connectivity index (χ0v) is 9.35. The lowest BCUT2D eigenvalue weighted by molar-refractivity contribution is -0.385. The SMILES string of the molecule is O=C(O)CC=Cc1cc([N+](=O)[O-])cc(C(F)(F)F)c1. The van der Waals surface area contributed by atoms with Crippen molar-refractivity contribution in [3.8, 4) is 0 Å². The normalized spacial score (nSPS) is 11.7. The molecule has 0 aromatic heterocycles. The number of hydrogen-bond acceptors (Lipinski definition) is 3. The van der Waals surface area contributed by atoms with E-state index in [1.165, 1.54) is 0 Å². The van der Waals surface area contributed by atoms with Crippen LogP contribution in [0.2, 0.25) is 0 Å². The molecule has 19 heavy (non-hydrogen) atoms. The molecule has 0 fully saturated rings. The first-order valence-corrected chi connectivity index (χ1v) is 4.95. The molecule has 1 aromatic carbocycles. The quantitative estimate of drug-likeness (QED) is 0.676. The summed E-state index contributed by atoms with van der Waals surface area (Å²) in [5, 5.41) is 18.9. The summed E-state index contributed by atoms with van der Waals surface area (Å²) in [6, 6.07) is 2.08. The van der Waals surface area contributed by atoms with Crippen molar-refractivity contribution in [2.75, 3.05) is 0 Å². The highest BCUT2D eigenvalue weighted by molar-refractivity contribution is 5.70. The second-order valence-electron chi connectivity index (χ2n) is 3.57. The van der Waals surface area contributed by atoms with Crippen molar-refractivity contribution in [2.24, 2.45) is 0 Å². The lowest BCUT2D eigenvalue weighted by Gasteiger charge is -2.07. The second-order valence-corrected chi connectivity index (χ2v) is 3.57. The highest BCUT2D eigenvalue weighted by atomic mass is 19.4. The number of nitrogens with zero attached hydrogens (tertiary/aromatic N) is 1. The minimum atomic E-state index is -4.71. The van der Waals surface area contributed by atoms with Crippen LogP contribution in [-0.2, 0) is 11.0 Å². The maximum absolute atomic E-state index is 12.5. The largest absolute Gasteiger partial charge is 0.481 e. The number of rotatable bonds is 4. The molecule has 8 heteroatoms. The van der Waals surface area contributed by atoms with Gasteiger partial charge >= 0.3 is 12.1 Å². The predicted molar refractivity (Wildman–Crippen MR) is 59.4 cm³/mol. The summed E-state index contributed by atoms with van der Waals surface area (Å²) in [6.45, 7) is 0. The molecule has 0 amide bonds. The van der Waals surface area contributed by atoms with Gasteiger partial charge < -0.3 is 5.11 Å². The van der Waals surface area contributed by atoms with E-state index in [1.807, 2.05) is 0 Å². The third-order valence-electron chi connectivity index (χ3n) is 2.08. The number of halogens is 3. The van der Waals surface area contributed by atoms with Gasteiger partial charge in [0.1, 0.15) is 0 Å². The van der Waals surface area contributed by atoms with Crippen LogP contribution in [0.15, 0.2) is 24.3 Å². The van der Waals surface area contributed by atoms with Crippen molar-refractivity contribution in [1.29, 1.82) is 0 Å². The molecule has 0 aliphatic carbocycles. The third-order valence-corrected chi connectivity index (χ3v) is 2.08. The fourth-order valence-electron chi connectivity index (χ4n) is 1.30. The molecule has 0 atom stereocenters. The highest BCUT2D eigenvalue weighted by Crippen LogP contribution is 2.32. The number of nitro groups is 1. The van der Waals surface area contributed by atoms with Gasteiger partial charge in [-0.2, -0.15) is 13.2 Å². The van der Waals surface area contributed by atoms with Crippen LogP contribution in [0, 0.1) is 10.1 Å². The van der Waals surface area contributed by atoms with Crippen molar-refractivity contribution in [3.63, 3.8) is 0 Å². The monoisotopic (exact) mass is 275 g/mol. The average molecular weight is 275 g/mol. The number of carbonyl (C=O) groups is 1. The number of non-ortho nitro benzene ring substituents is 1. The van der Waals surface area contributed by atoms with Crippen LogP contribution >= 0.6 is 0 Å². The van der Waals surface area contributed by atoms with E-state index < -0.39 is 28.3 Å². The minimum Gasteiger partial charge on any atom is -0.481 e. The van der Waals surface area contributed by atoms with Gasteiger partial charge in [-0.1, -0.05) is 12.2 Å². The number of hydrogen-bond donors (Lipinski definition) is 1. The van der Waals surface area contributed by atoms with Crippen molar-refractivity contribution in [2.45, 2.75) is 12.6 Å². The number of carboxylic acids is 1. The number of alkyl halides is 3.